The molecule has 0 aliphatic rings. The predicted molar refractivity (Wildman–Crippen MR) is 79.9 cm³/mol. The Bertz CT molecular complexity index is 711. The normalized spacial score (nSPS) is 12.5. The van der Waals surface area contributed by atoms with Gasteiger partial charge in [0.05, 0.1) is 6.54 Å². The number of benzene rings is 1. The van der Waals surface area contributed by atoms with Crippen molar-refractivity contribution in [2.75, 3.05) is 5.32 Å². The maximum absolute atomic E-state index is 6.07. The molecular weight excluding hydrogens is 274 g/mol. The van der Waals surface area contributed by atoms with Crippen LogP contribution in [0.5, 0.6) is 0 Å². The number of nitrogens with one attached hydrogen (secondary N) is 1. The number of nitrogens with zero attached hydrogens (tertiary/aromatic N) is 4. The first-order chi connectivity index (χ1) is 9.74. The molecule has 1 atom stereocenters. The molecule has 1 N–H and O–H groups in total. The molecule has 0 spiro atoms. The molecule has 2 aromatic heterocycles. The van der Waals surface area contributed by atoms with Gasteiger partial charge in [0.15, 0.2) is 11.0 Å². The second kappa shape index (κ2) is 5.46. The summed E-state index contributed by atoms with van der Waals surface area (Å²) >= 11 is 6.07. The van der Waals surface area contributed by atoms with Crippen molar-refractivity contribution >= 4 is 28.2 Å². The molecule has 0 aliphatic carbocycles. The second-order valence-electron chi connectivity index (χ2n) is 4.66. The van der Waals surface area contributed by atoms with E-state index in [2.05, 4.69) is 27.5 Å². The molecule has 3 rings (SSSR count). The summed E-state index contributed by atoms with van der Waals surface area (Å²) in [5.41, 5.74) is 0. The first kappa shape index (κ1) is 12.9. The number of aromatic nitrogens is 4. The van der Waals surface area contributed by atoms with Crippen molar-refractivity contribution in [2.45, 2.75) is 19.5 Å². The minimum atomic E-state index is 0.175. The van der Waals surface area contributed by atoms with Gasteiger partial charge in [-0.25, -0.2) is 0 Å². The van der Waals surface area contributed by atoms with Gasteiger partial charge in [-0.2, -0.15) is 5.10 Å². The fourth-order valence-electron chi connectivity index (χ4n) is 2.15. The largest absolute Gasteiger partial charge is 0.364 e. The lowest BCUT2D eigenvalue weighted by atomic mass is 10.2. The maximum atomic E-state index is 6.07. The Hall–Kier alpha value is -2.14. The van der Waals surface area contributed by atoms with E-state index >= 15 is 0 Å². The third-order valence-corrected chi connectivity index (χ3v) is 3.32. The van der Waals surface area contributed by atoms with Gasteiger partial charge in [0.25, 0.3) is 0 Å². The highest BCUT2D eigenvalue weighted by molar-refractivity contribution is 6.34. The summed E-state index contributed by atoms with van der Waals surface area (Å²) < 4.78 is 1.88. The van der Waals surface area contributed by atoms with E-state index in [-0.39, 0.29) is 6.04 Å². The molecule has 1 unspecified atom stereocenters. The average Bonchev–Trinajstić information content (AvgIpc) is 2.95. The summed E-state index contributed by atoms with van der Waals surface area (Å²) in [6.45, 7) is 2.83. The number of hydrogen-bond acceptors (Lipinski definition) is 4. The molecule has 0 fully saturated rings. The molecule has 0 bridgehead atoms. The number of fused-ring (bicyclic) bond motifs is 1. The minimum Gasteiger partial charge on any atom is -0.364 e. The average molecular weight is 288 g/mol. The van der Waals surface area contributed by atoms with Gasteiger partial charge in [-0.1, -0.05) is 35.9 Å². The van der Waals surface area contributed by atoms with Crippen molar-refractivity contribution in [3.63, 3.8) is 0 Å². The Labute approximate surface area is 121 Å². The van der Waals surface area contributed by atoms with Crippen LogP contribution in [0.2, 0.25) is 5.15 Å². The third-order valence-electron chi connectivity index (χ3n) is 3.05. The Morgan fingerprint density at radius 3 is 2.75 bits per heavy atom. The van der Waals surface area contributed by atoms with Crippen LogP contribution in [0.15, 0.2) is 42.7 Å². The van der Waals surface area contributed by atoms with Crippen molar-refractivity contribution in [3.8, 4) is 0 Å². The van der Waals surface area contributed by atoms with Crippen LogP contribution in [-0.2, 0) is 6.54 Å². The van der Waals surface area contributed by atoms with E-state index < -0.39 is 0 Å². The summed E-state index contributed by atoms with van der Waals surface area (Å²) in [6, 6.07) is 9.91. The monoisotopic (exact) mass is 287 g/mol. The van der Waals surface area contributed by atoms with Crippen LogP contribution in [0.3, 0.4) is 0 Å². The molecule has 0 saturated carbocycles. The smallest absolute Gasteiger partial charge is 0.159 e. The van der Waals surface area contributed by atoms with Crippen molar-refractivity contribution in [3.05, 3.63) is 47.9 Å². The van der Waals surface area contributed by atoms with Gasteiger partial charge in [-0.05, 0) is 13.0 Å². The highest BCUT2D eigenvalue weighted by Gasteiger charge is 2.10. The molecule has 0 amide bonds. The van der Waals surface area contributed by atoms with Gasteiger partial charge in [-0.15, -0.1) is 10.2 Å². The predicted octanol–water partition coefficient (Wildman–Crippen LogP) is 2.98. The van der Waals surface area contributed by atoms with E-state index in [9.17, 15) is 0 Å². The highest BCUT2D eigenvalue weighted by Crippen LogP contribution is 2.25. The zero-order valence-corrected chi connectivity index (χ0v) is 11.7. The fraction of sp³-hybridized carbons (Fsp3) is 0.214. The van der Waals surface area contributed by atoms with Crippen LogP contribution < -0.4 is 5.32 Å². The summed E-state index contributed by atoms with van der Waals surface area (Å²) in [7, 11) is 0. The molecule has 6 heteroatoms. The molecule has 102 valence electrons. The molecule has 0 radical (unpaired) electrons. The summed E-state index contributed by atoms with van der Waals surface area (Å²) in [6.07, 6.45) is 3.70. The lowest BCUT2D eigenvalue weighted by Crippen LogP contribution is -2.23. The molecule has 20 heavy (non-hydrogen) atoms. The van der Waals surface area contributed by atoms with Crippen LogP contribution in [0.4, 0.5) is 5.82 Å². The number of hydrogen-bond donors (Lipinski definition) is 1. The minimum absolute atomic E-state index is 0.175. The van der Waals surface area contributed by atoms with Gasteiger partial charge in [0, 0.05) is 29.2 Å². The van der Waals surface area contributed by atoms with Crippen LogP contribution in [-0.4, -0.2) is 26.0 Å². The van der Waals surface area contributed by atoms with Gasteiger partial charge in [0.2, 0.25) is 0 Å². The van der Waals surface area contributed by atoms with Crippen molar-refractivity contribution in [2.24, 2.45) is 0 Å². The van der Waals surface area contributed by atoms with Crippen LogP contribution in [0.1, 0.15) is 6.92 Å². The van der Waals surface area contributed by atoms with Gasteiger partial charge in [0.1, 0.15) is 0 Å². The number of rotatable bonds is 4. The van der Waals surface area contributed by atoms with E-state index in [1.807, 2.05) is 41.2 Å². The van der Waals surface area contributed by atoms with Crippen LogP contribution in [0.25, 0.3) is 10.8 Å². The summed E-state index contributed by atoms with van der Waals surface area (Å²) in [4.78, 5) is 0. The van der Waals surface area contributed by atoms with E-state index in [4.69, 9.17) is 11.6 Å². The molecule has 5 nitrogen and oxygen atoms in total. The summed E-state index contributed by atoms with van der Waals surface area (Å²) in [5.74, 6) is 0.740. The maximum Gasteiger partial charge on any atom is 0.159 e. The Morgan fingerprint density at radius 1 is 1.20 bits per heavy atom. The van der Waals surface area contributed by atoms with Crippen LogP contribution in [0, 0.1) is 0 Å². The first-order valence-corrected chi connectivity index (χ1v) is 6.77. The summed E-state index contributed by atoms with van der Waals surface area (Å²) in [5, 5.41) is 18.0. The topological polar surface area (TPSA) is 55.6 Å². The third kappa shape index (κ3) is 2.58. The molecule has 0 aliphatic heterocycles. The zero-order valence-electron chi connectivity index (χ0n) is 11.0. The molecule has 2 heterocycles. The molecule has 3 aromatic rings. The highest BCUT2D eigenvalue weighted by atomic mass is 35.5. The quantitative estimate of drug-likeness (QED) is 0.801. The van der Waals surface area contributed by atoms with Crippen molar-refractivity contribution < 1.29 is 0 Å². The SMILES string of the molecule is CC(Cn1cccn1)Nc1nnc(Cl)c2ccccc12. The Morgan fingerprint density at radius 2 is 2.00 bits per heavy atom. The van der Waals surface area contributed by atoms with Gasteiger partial charge >= 0.3 is 0 Å². The number of anilines is 1. The molecule has 0 saturated heterocycles. The molecule has 1 aromatic carbocycles. The zero-order chi connectivity index (χ0) is 13.9. The van der Waals surface area contributed by atoms with Crippen molar-refractivity contribution in [1.29, 1.82) is 0 Å². The number of halogens is 1. The van der Waals surface area contributed by atoms with Crippen LogP contribution >= 0.6 is 11.6 Å². The van der Waals surface area contributed by atoms with E-state index in [0.717, 1.165) is 23.1 Å². The standard InChI is InChI=1S/C14H14ClN5/c1-10(9-20-8-4-7-16-20)17-14-12-6-3-2-5-11(12)13(15)18-19-14/h2-8,10H,9H2,1H3,(H,17,19). The lowest BCUT2D eigenvalue weighted by Gasteiger charge is -2.15. The van der Waals surface area contributed by atoms with E-state index in [0.29, 0.717) is 5.15 Å². The molecular formula is C14H14ClN5. The van der Waals surface area contributed by atoms with E-state index in [1.54, 1.807) is 6.20 Å². The van der Waals surface area contributed by atoms with Gasteiger partial charge in [-0.3, -0.25) is 4.68 Å². The second-order valence-corrected chi connectivity index (χ2v) is 5.02. The fourth-order valence-corrected chi connectivity index (χ4v) is 2.35. The van der Waals surface area contributed by atoms with Crippen molar-refractivity contribution in [1.82, 2.24) is 20.0 Å². The first-order valence-electron chi connectivity index (χ1n) is 6.39. The Balaban J connectivity index is 1.85. The van der Waals surface area contributed by atoms with Gasteiger partial charge < -0.3 is 5.32 Å². The Kier molecular flexibility index (Phi) is 3.52. The lowest BCUT2D eigenvalue weighted by molar-refractivity contribution is 0.559. The van der Waals surface area contributed by atoms with E-state index in [1.165, 1.54) is 0 Å².